The largest absolute Gasteiger partial charge is 0.511 e. The first kappa shape index (κ1) is 30.6. The average Bonchev–Trinajstić information content (AvgIpc) is 3.56. The number of allylic oxidation sites excluding steroid dienone is 3. The van der Waals surface area contributed by atoms with E-state index in [0.29, 0.717) is 13.0 Å². The highest BCUT2D eigenvalue weighted by Gasteiger charge is 2.76. The van der Waals surface area contributed by atoms with Crippen LogP contribution in [-0.4, -0.2) is 58.4 Å². The van der Waals surface area contributed by atoms with Gasteiger partial charge in [0.25, 0.3) is 0 Å². The fraction of sp³-hybridized carbons (Fsp3) is 0.594. The molecule has 0 bridgehead atoms. The molecule has 1 aromatic rings. The summed E-state index contributed by atoms with van der Waals surface area (Å²) in [6, 6.07) is 2.99. The molecule has 7 nitrogen and oxygen atoms in total. The van der Waals surface area contributed by atoms with Crippen molar-refractivity contribution in [3.8, 4) is 11.8 Å². The van der Waals surface area contributed by atoms with E-state index >= 15 is 8.78 Å². The van der Waals surface area contributed by atoms with E-state index in [2.05, 4.69) is 11.8 Å². The number of esters is 1. The second-order valence-corrected chi connectivity index (χ2v) is 13.1. The highest BCUT2D eigenvalue weighted by Crippen LogP contribution is 2.72. The number of thioether (sulfide) groups is 1. The second kappa shape index (κ2) is 11.0. The standard InChI is InChI=1S/C32H36F2O7S/c1-5-39-12-6-7-14-42-28(38)32(41-27(37)25-9-8-13-40-25)19(2)15-21-22-18-24(33)23-16-20(35)17-26(36)30(23,4)31(22,34)11-10-29(21,32)3/h8-9,13,16-17,19,21-22,24,36H,5,10-12,14-15,18H2,1-4H3/t19-,21+,22+,24+,29+,30-,31-,32+/m1/s1. The van der Waals surface area contributed by atoms with E-state index < -0.39 is 68.7 Å². The van der Waals surface area contributed by atoms with Gasteiger partial charge >= 0.3 is 5.97 Å². The van der Waals surface area contributed by atoms with Crippen molar-refractivity contribution in [2.75, 3.05) is 19.0 Å². The molecule has 0 aliphatic heterocycles. The van der Waals surface area contributed by atoms with Gasteiger partial charge in [-0.05, 0) is 69.2 Å². The van der Waals surface area contributed by atoms with Crippen LogP contribution < -0.4 is 0 Å². The van der Waals surface area contributed by atoms with E-state index in [1.54, 1.807) is 13.0 Å². The number of fused-ring (bicyclic) bond motifs is 5. The number of carbonyl (C=O) groups is 3. The summed E-state index contributed by atoms with van der Waals surface area (Å²) in [5, 5.41) is 10.5. The van der Waals surface area contributed by atoms with Gasteiger partial charge in [-0.25, -0.2) is 13.6 Å². The number of alkyl halides is 2. The van der Waals surface area contributed by atoms with Gasteiger partial charge in [0, 0.05) is 29.9 Å². The Morgan fingerprint density at radius 1 is 1.19 bits per heavy atom. The minimum absolute atomic E-state index is 0.0475. The second-order valence-electron chi connectivity index (χ2n) is 12.2. The van der Waals surface area contributed by atoms with Gasteiger partial charge < -0.3 is 19.0 Å². The Morgan fingerprint density at radius 2 is 1.95 bits per heavy atom. The van der Waals surface area contributed by atoms with Crippen LogP contribution in [0.1, 0.15) is 63.9 Å². The molecule has 0 amide bonds. The van der Waals surface area contributed by atoms with E-state index in [1.807, 2.05) is 13.8 Å². The number of aliphatic hydroxyl groups excluding tert-OH is 1. The fourth-order valence-electron chi connectivity index (χ4n) is 8.26. The fourth-order valence-corrected chi connectivity index (χ4v) is 9.26. The molecule has 0 unspecified atom stereocenters. The summed E-state index contributed by atoms with van der Waals surface area (Å²) in [6.45, 7) is 7.69. The van der Waals surface area contributed by atoms with Crippen LogP contribution in [0.25, 0.3) is 0 Å². The van der Waals surface area contributed by atoms with Gasteiger partial charge in [-0.2, -0.15) is 0 Å². The minimum atomic E-state index is -2.09. The van der Waals surface area contributed by atoms with Crippen molar-refractivity contribution in [1.29, 1.82) is 0 Å². The van der Waals surface area contributed by atoms with E-state index in [0.717, 1.165) is 23.9 Å². The van der Waals surface area contributed by atoms with Gasteiger partial charge in [-0.15, -0.1) is 0 Å². The zero-order chi connectivity index (χ0) is 30.5. The van der Waals surface area contributed by atoms with Crippen molar-refractivity contribution in [3.63, 3.8) is 0 Å². The third kappa shape index (κ3) is 4.29. The van der Waals surface area contributed by atoms with Crippen molar-refractivity contribution in [2.45, 2.75) is 70.8 Å². The Hall–Kier alpha value is -2.90. The monoisotopic (exact) mass is 602 g/mol. The molecule has 4 aliphatic carbocycles. The lowest BCUT2D eigenvalue weighted by molar-refractivity contribution is -0.184. The molecule has 226 valence electrons. The number of rotatable bonds is 6. The van der Waals surface area contributed by atoms with E-state index in [9.17, 15) is 19.5 Å². The van der Waals surface area contributed by atoms with Crippen LogP contribution in [0.15, 0.2) is 46.3 Å². The molecule has 8 atom stereocenters. The molecular weight excluding hydrogens is 566 g/mol. The normalized spacial score (nSPS) is 38.7. The maximum atomic E-state index is 17.6. The smallest absolute Gasteiger partial charge is 0.375 e. The topological polar surface area (TPSA) is 103 Å². The molecule has 42 heavy (non-hydrogen) atoms. The molecule has 0 radical (unpaired) electrons. The van der Waals surface area contributed by atoms with Crippen molar-refractivity contribution >= 4 is 28.6 Å². The van der Waals surface area contributed by atoms with Gasteiger partial charge in [-0.3, -0.25) is 9.59 Å². The first-order valence-electron chi connectivity index (χ1n) is 14.3. The number of hydrogen-bond donors (Lipinski definition) is 1. The molecule has 0 spiro atoms. The van der Waals surface area contributed by atoms with Gasteiger partial charge in [0.2, 0.25) is 10.9 Å². The van der Waals surface area contributed by atoms with Crippen LogP contribution in [0, 0.1) is 40.4 Å². The minimum Gasteiger partial charge on any atom is -0.511 e. The number of furan rings is 1. The summed E-state index contributed by atoms with van der Waals surface area (Å²) in [5.41, 5.74) is -6.58. The lowest BCUT2D eigenvalue weighted by Crippen LogP contribution is -2.66. The Morgan fingerprint density at radius 3 is 2.64 bits per heavy atom. The number of ether oxygens (including phenoxy) is 2. The third-order valence-corrected chi connectivity index (χ3v) is 11.3. The van der Waals surface area contributed by atoms with Crippen LogP contribution in [0.5, 0.6) is 0 Å². The van der Waals surface area contributed by atoms with E-state index in [1.165, 1.54) is 19.3 Å². The first-order valence-corrected chi connectivity index (χ1v) is 15.3. The summed E-state index contributed by atoms with van der Waals surface area (Å²) < 4.78 is 50.1. The zero-order valence-electron chi connectivity index (χ0n) is 24.2. The number of ketones is 1. The van der Waals surface area contributed by atoms with Crippen LogP contribution in [0.3, 0.4) is 0 Å². The summed E-state index contributed by atoms with van der Waals surface area (Å²) in [5.74, 6) is 1.96. The average molecular weight is 603 g/mol. The van der Waals surface area contributed by atoms with Gasteiger partial charge in [0.05, 0.1) is 17.4 Å². The van der Waals surface area contributed by atoms with E-state index in [-0.39, 0.29) is 43.0 Å². The van der Waals surface area contributed by atoms with Gasteiger partial charge in [0.1, 0.15) is 24.2 Å². The Bertz CT molecular complexity index is 1390. The van der Waals surface area contributed by atoms with Crippen molar-refractivity contribution in [2.24, 2.45) is 28.6 Å². The van der Waals surface area contributed by atoms with Gasteiger partial charge in [-0.1, -0.05) is 37.5 Å². The predicted octanol–water partition coefficient (Wildman–Crippen LogP) is 5.95. The Labute approximate surface area is 248 Å². The molecule has 1 N–H and O–H groups in total. The Balaban J connectivity index is 1.54. The predicted molar refractivity (Wildman–Crippen MR) is 152 cm³/mol. The van der Waals surface area contributed by atoms with Crippen LogP contribution in [-0.2, 0) is 19.1 Å². The van der Waals surface area contributed by atoms with Crippen LogP contribution in [0.4, 0.5) is 8.78 Å². The van der Waals surface area contributed by atoms with Crippen molar-refractivity contribution in [1.82, 2.24) is 0 Å². The lowest BCUT2D eigenvalue weighted by Gasteiger charge is -2.61. The zero-order valence-corrected chi connectivity index (χ0v) is 25.0. The van der Waals surface area contributed by atoms with Gasteiger partial charge in [0.15, 0.2) is 11.4 Å². The number of carbonyl (C=O) groups excluding carboxylic acids is 3. The van der Waals surface area contributed by atoms with E-state index in [4.69, 9.17) is 13.9 Å². The van der Waals surface area contributed by atoms with Crippen molar-refractivity contribution in [3.05, 3.63) is 47.6 Å². The molecule has 0 saturated heterocycles. The molecule has 0 aromatic carbocycles. The molecule has 1 aromatic heterocycles. The molecule has 4 aliphatic rings. The molecule has 5 rings (SSSR count). The Kier molecular flexibility index (Phi) is 7.99. The summed E-state index contributed by atoms with van der Waals surface area (Å²) in [4.78, 5) is 39.7. The third-order valence-electron chi connectivity index (χ3n) is 10.4. The summed E-state index contributed by atoms with van der Waals surface area (Å²) in [6.07, 6.45) is 1.83. The maximum Gasteiger partial charge on any atom is 0.375 e. The molecule has 3 fully saturated rings. The lowest BCUT2D eigenvalue weighted by atomic mass is 9.45. The van der Waals surface area contributed by atoms with Crippen molar-refractivity contribution < 1.29 is 42.2 Å². The quantitative estimate of drug-likeness (QED) is 0.242. The highest BCUT2D eigenvalue weighted by atomic mass is 32.2. The number of aliphatic hydroxyl groups is 1. The number of halogens is 2. The number of hydrogen-bond acceptors (Lipinski definition) is 8. The molecule has 3 saturated carbocycles. The highest BCUT2D eigenvalue weighted by molar-refractivity contribution is 8.14. The summed E-state index contributed by atoms with van der Waals surface area (Å²) >= 11 is 0.935. The maximum absolute atomic E-state index is 17.6. The van der Waals surface area contributed by atoms with Crippen LogP contribution in [0.2, 0.25) is 0 Å². The van der Waals surface area contributed by atoms with Crippen LogP contribution >= 0.6 is 11.8 Å². The molecule has 1 heterocycles. The first-order chi connectivity index (χ1) is 19.9. The molecular formula is C32H36F2O7S. The summed E-state index contributed by atoms with van der Waals surface area (Å²) in [7, 11) is 0. The SMILES string of the molecule is CCOCC#CCSC(=O)[C@@]1(OC(=O)c2ccco2)[C@H](C)C[C@H]2[C@@H]3C[C@H](F)C4=CC(=O)C=C(O)[C@]4(C)[C@@]3(F)CC[C@@]21C. The molecule has 10 heteroatoms.